The number of hydrogen-bond acceptors (Lipinski definition) is 3. The largest absolute Gasteiger partial charge is 0.446 e. The molecule has 1 atom stereocenters. The van der Waals surface area contributed by atoms with Crippen molar-refractivity contribution in [2.75, 3.05) is 5.32 Å². The number of alkyl halides is 3. The normalized spacial score (nSPS) is 12.5. The maximum absolute atomic E-state index is 12.2. The number of hydrogen-bond donors (Lipinski definition) is 2. The van der Waals surface area contributed by atoms with E-state index in [1.54, 1.807) is 0 Å². The molecule has 0 spiro atoms. The first kappa shape index (κ1) is 17.1. The summed E-state index contributed by atoms with van der Waals surface area (Å²) in [5.74, 6) is -0.528. The van der Waals surface area contributed by atoms with Gasteiger partial charge >= 0.3 is 5.51 Å². The number of halogens is 4. The molecule has 18 heavy (non-hydrogen) atoms. The minimum atomic E-state index is -4.39. The highest BCUT2D eigenvalue weighted by atomic mass is 35.5. The molecule has 1 amide bonds. The summed E-state index contributed by atoms with van der Waals surface area (Å²) in [6, 6.07) is 4.91. The summed E-state index contributed by atoms with van der Waals surface area (Å²) in [6.07, 6.45) is 0. The lowest BCUT2D eigenvalue weighted by atomic mass is 10.3. The molecule has 0 heterocycles. The summed E-state index contributed by atoms with van der Waals surface area (Å²) in [5.41, 5.74) is 1.03. The predicted octanol–water partition coefficient (Wildman–Crippen LogP) is 3.01. The van der Waals surface area contributed by atoms with E-state index in [9.17, 15) is 18.0 Å². The lowest BCUT2D eigenvalue weighted by Crippen LogP contribution is -2.32. The molecule has 1 aromatic rings. The smallest absolute Gasteiger partial charge is 0.324 e. The van der Waals surface area contributed by atoms with Gasteiger partial charge in [-0.1, -0.05) is 12.1 Å². The zero-order valence-corrected chi connectivity index (χ0v) is 11.0. The van der Waals surface area contributed by atoms with E-state index in [-0.39, 0.29) is 34.8 Å². The van der Waals surface area contributed by atoms with E-state index in [2.05, 4.69) is 5.32 Å². The van der Waals surface area contributed by atoms with Crippen molar-refractivity contribution in [2.24, 2.45) is 5.73 Å². The van der Waals surface area contributed by atoms with E-state index in [0.717, 1.165) is 0 Å². The van der Waals surface area contributed by atoms with Crippen LogP contribution in [0, 0.1) is 0 Å². The Balaban J connectivity index is 0.00000289. The van der Waals surface area contributed by atoms with Gasteiger partial charge in [-0.15, -0.1) is 12.4 Å². The maximum atomic E-state index is 12.2. The lowest BCUT2D eigenvalue weighted by molar-refractivity contribution is -0.117. The molecule has 0 saturated carbocycles. The molecule has 1 rings (SSSR count). The van der Waals surface area contributed by atoms with Crippen LogP contribution in [0.3, 0.4) is 0 Å². The summed E-state index contributed by atoms with van der Waals surface area (Å²) < 4.78 is 36.7. The predicted molar refractivity (Wildman–Crippen MR) is 67.9 cm³/mol. The molecule has 0 aliphatic carbocycles. The fraction of sp³-hybridized carbons (Fsp3) is 0.300. The number of rotatable bonds is 3. The van der Waals surface area contributed by atoms with Crippen molar-refractivity contribution in [1.82, 2.24) is 0 Å². The summed E-state index contributed by atoms with van der Waals surface area (Å²) >= 11 is -0.274. The van der Waals surface area contributed by atoms with Gasteiger partial charge in [0.1, 0.15) is 0 Å². The molecule has 0 aliphatic heterocycles. The van der Waals surface area contributed by atoms with Gasteiger partial charge in [0.15, 0.2) is 0 Å². The van der Waals surface area contributed by atoms with Gasteiger partial charge in [0.05, 0.1) is 11.7 Å². The molecule has 1 aromatic carbocycles. The number of thioether (sulfide) groups is 1. The van der Waals surface area contributed by atoms with Gasteiger partial charge in [-0.2, -0.15) is 13.2 Å². The highest BCUT2D eigenvalue weighted by molar-refractivity contribution is 8.00. The average molecular weight is 301 g/mol. The summed E-state index contributed by atoms with van der Waals surface area (Å²) in [7, 11) is 0. The van der Waals surface area contributed by atoms with Gasteiger partial charge < -0.3 is 11.1 Å². The number of benzene rings is 1. The zero-order chi connectivity index (χ0) is 13.1. The fourth-order valence-electron chi connectivity index (χ4n) is 1.03. The second-order valence-corrected chi connectivity index (χ2v) is 4.43. The quantitative estimate of drug-likeness (QED) is 0.844. The molecule has 0 fully saturated rings. The Morgan fingerprint density at radius 1 is 1.39 bits per heavy atom. The minimum Gasteiger partial charge on any atom is -0.324 e. The summed E-state index contributed by atoms with van der Waals surface area (Å²) in [4.78, 5) is 11.2. The standard InChI is InChI=1S/C10H11F3N2OS.ClH/c1-6(14)9(16)15-7-4-2-3-5-8(7)17-10(11,12)13;/h2-6H,14H2,1H3,(H,15,16);1H/t6-;/m0./s1. The molecule has 0 saturated heterocycles. The number of carbonyl (C=O) groups excluding carboxylic acids is 1. The molecule has 3 N–H and O–H groups in total. The van der Waals surface area contributed by atoms with Crippen LogP contribution in [0.5, 0.6) is 0 Å². The van der Waals surface area contributed by atoms with Crippen LogP contribution in [-0.4, -0.2) is 17.5 Å². The molecular formula is C10H12ClF3N2OS. The summed E-state index contributed by atoms with van der Waals surface area (Å²) in [6.45, 7) is 1.45. The van der Waals surface area contributed by atoms with E-state index in [4.69, 9.17) is 5.73 Å². The first-order chi connectivity index (χ1) is 7.79. The van der Waals surface area contributed by atoms with Gasteiger partial charge in [-0.25, -0.2) is 0 Å². The molecule has 0 aromatic heterocycles. The fourth-order valence-corrected chi connectivity index (χ4v) is 1.66. The van der Waals surface area contributed by atoms with Crippen molar-refractivity contribution >= 4 is 35.8 Å². The Hall–Kier alpha value is -0.920. The number of carbonyl (C=O) groups is 1. The molecule has 0 radical (unpaired) electrons. The van der Waals surface area contributed by atoms with Crippen molar-refractivity contribution in [3.63, 3.8) is 0 Å². The van der Waals surface area contributed by atoms with Gasteiger partial charge in [0.2, 0.25) is 5.91 Å². The number of nitrogens with two attached hydrogens (primary N) is 1. The van der Waals surface area contributed by atoms with Crippen LogP contribution < -0.4 is 11.1 Å². The number of nitrogens with one attached hydrogen (secondary N) is 1. The average Bonchev–Trinajstić information content (AvgIpc) is 2.18. The van der Waals surface area contributed by atoms with Crippen LogP contribution in [0.2, 0.25) is 0 Å². The van der Waals surface area contributed by atoms with E-state index >= 15 is 0 Å². The van der Waals surface area contributed by atoms with Gasteiger partial charge in [0, 0.05) is 4.90 Å². The van der Waals surface area contributed by atoms with Gasteiger partial charge in [-0.3, -0.25) is 4.79 Å². The Kier molecular flexibility index (Phi) is 6.51. The monoisotopic (exact) mass is 300 g/mol. The first-order valence-electron chi connectivity index (χ1n) is 4.71. The van der Waals surface area contributed by atoms with Crippen molar-refractivity contribution < 1.29 is 18.0 Å². The third-order valence-corrected chi connectivity index (χ3v) is 2.59. The van der Waals surface area contributed by atoms with Crippen LogP contribution in [0.15, 0.2) is 29.2 Å². The van der Waals surface area contributed by atoms with Crippen molar-refractivity contribution in [2.45, 2.75) is 23.4 Å². The molecule has 0 unspecified atom stereocenters. The molecule has 0 bridgehead atoms. The summed E-state index contributed by atoms with van der Waals surface area (Å²) in [5, 5.41) is 2.35. The van der Waals surface area contributed by atoms with Crippen molar-refractivity contribution in [3.05, 3.63) is 24.3 Å². The Labute approximate surface area is 113 Å². The highest BCUT2D eigenvalue weighted by Crippen LogP contribution is 2.40. The number of anilines is 1. The molecular weight excluding hydrogens is 289 g/mol. The van der Waals surface area contributed by atoms with Crippen LogP contribution in [0.1, 0.15) is 6.92 Å². The topological polar surface area (TPSA) is 55.1 Å². The number of amides is 1. The Morgan fingerprint density at radius 2 is 1.94 bits per heavy atom. The third kappa shape index (κ3) is 5.61. The van der Waals surface area contributed by atoms with Crippen LogP contribution in [0.4, 0.5) is 18.9 Å². The third-order valence-electron chi connectivity index (χ3n) is 1.78. The second kappa shape index (κ2) is 6.86. The number of para-hydroxylation sites is 1. The van der Waals surface area contributed by atoms with E-state index in [1.807, 2.05) is 0 Å². The van der Waals surface area contributed by atoms with E-state index in [1.165, 1.54) is 31.2 Å². The van der Waals surface area contributed by atoms with Crippen LogP contribution in [-0.2, 0) is 4.79 Å². The SMILES string of the molecule is C[C@H](N)C(=O)Nc1ccccc1SC(F)(F)F.Cl. The van der Waals surface area contributed by atoms with Crippen LogP contribution >= 0.6 is 24.2 Å². The Bertz CT molecular complexity index is 412. The molecule has 102 valence electrons. The Morgan fingerprint density at radius 3 is 2.44 bits per heavy atom. The second-order valence-electron chi connectivity index (χ2n) is 3.32. The molecule has 8 heteroatoms. The lowest BCUT2D eigenvalue weighted by Gasteiger charge is -2.13. The molecule has 0 aliphatic rings. The van der Waals surface area contributed by atoms with Gasteiger partial charge in [-0.05, 0) is 30.8 Å². The van der Waals surface area contributed by atoms with Crippen LogP contribution in [0.25, 0.3) is 0 Å². The van der Waals surface area contributed by atoms with Crippen molar-refractivity contribution in [1.29, 1.82) is 0 Å². The van der Waals surface area contributed by atoms with E-state index in [0.29, 0.717) is 0 Å². The zero-order valence-electron chi connectivity index (χ0n) is 9.32. The molecule has 3 nitrogen and oxygen atoms in total. The highest BCUT2D eigenvalue weighted by Gasteiger charge is 2.30. The van der Waals surface area contributed by atoms with Crippen molar-refractivity contribution in [3.8, 4) is 0 Å². The minimum absolute atomic E-state index is 0. The first-order valence-corrected chi connectivity index (χ1v) is 5.52. The van der Waals surface area contributed by atoms with E-state index < -0.39 is 17.5 Å². The van der Waals surface area contributed by atoms with Gasteiger partial charge in [0.25, 0.3) is 0 Å². The maximum Gasteiger partial charge on any atom is 0.446 e.